The summed E-state index contributed by atoms with van der Waals surface area (Å²) in [5.41, 5.74) is 0. The van der Waals surface area contributed by atoms with Gasteiger partial charge < -0.3 is 0 Å². The Morgan fingerprint density at radius 2 is 2.29 bits per heavy atom. The van der Waals surface area contributed by atoms with Crippen molar-refractivity contribution in [3.8, 4) is 6.07 Å². The zero-order chi connectivity index (χ0) is 5.86. The highest BCUT2D eigenvalue weighted by Crippen LogP contribution is 2.01. The van der Waals surface area contributed by atoms with Gasteiger partial charge in [0.05, 0.1) is 0 Å². The molecule has 0 aliphatic carbocycles. The highest BCUT2D eigenvalue weighted by atomic mass is 19.2. The van der Waals surface area contributed by atoms with Crippen molar-refractivity contribution in [2.75, 3.05) is 0 Å². The standard InChI is InChI=1S/C4H3F2N/c1-3(5)4(6)2-7/h4H,1H2. The van der Waals surface area contributed by atoms with Gasteiger partial charge in [-0.2, -0.15) is 5.26 Å². The zero-order valence-corrected chi connectivity index (χ0v) is 3.49. The van der Waals surface area contributed by atoms with E-state index in [2.05, 4.69) is 6.58 Å². The van der Waals surface area contributed by atoms with Crippen molar-refractivity contribution < 1.29 is 8.78 Å². The Bertz CT molecular complexity index is 113. The molecule has 1 unspecified atom stereocenters. The molecule has 0 spiro atoms. The topological polar surface area (TPSA) is 23.8 Å². The van der Waals surface area contributed by atoms with Crippen molar-refractivity contribution in [3.05, 3.63) is 12.4 Å². The fraction of sp³-hybridized carbons (Fsp3) is 0.250. The summed E-state index contributed by atoms with van der Waals surface area (Å²) in [6, 6.07) is 1.02. The fourth-order valence-corrected chi connectivity index (χ4v) is 0.0700. The average Bonchev–Trinajstić information content (AvgIpc) is 1.65. The van der Waals surface area contributed by atoms with Gasteiger partial charge in [-0.25, -0.2) is 8.78 Å². The van der Waals surface area contributed by atoms with Gasteiger partial charge >= 0.3 is 0 Å². The van der Waals surface area contributed by atoms with Crippen LogP contribution in [-0.2, 0) is 0 Å². The van der Waals surface area contributed by atoms with Crippen molar-refractivity contribution in [2.45, 2.75) is 6.17 Å². The van der Waals surface area contributed by atoms with Gasteiger partial charge in [0.25, 0.3) is 0 Å². The quantitative estimate of drug-likeness (QED) is 0.491. The molecule has 0 radical (unpaired) electrons. The number of hydrogen-bond acceptors (Lipinski definition) is 1. The third-order valence-electron chi connectivity index (χ3n) is 0.388. The Morgan fingerprint density at radius 1 is 1.86 bits per heavy atom. The van der Waals surface area contributed by atoms with E-state index in [4.69, 9.17) is 5.26 Å². The molecule has 1 atom stereocenters. The van der Waals surface area contributed by atoms with Crippen molar-refractivity contribution in [2.24, 2.45) is 0 Å². The van der Waals surface area contributed by atoms with Gasteiger partial charge in [-0.3, -0.25) is 0 Å². The van der Waals surface area contributed by atoms with Gasteiger partial charge in [0.2, 0.25) is 6.17 Å². The summed E-state index contributed by atoms with van der Waals surface area (Å²) in [5.74, 6) is -1.23. The number of rotatable bonds is 1. The summed E-state index contributed by atoms with van der Waals surface area (Å²) in [7, 11) is 0. The van der Waals surface area contributed by atoms with E-state index < -0.39 is 12.0 Å². The van der Waals surface area contributed by atoms with Gasteiger partial charge in [-0.1, -0.05) is 6.58 Å². The molecular formula is C4H3F2N. The molecule has 0 aromatic rings. The van der Waals surface area contributed by atoms with Crippen LogP contribution in [-0.4, -0.2) is 6.17 Å². The second-order valence-corrected chi connectivity index (χ2v) is 0.939. The molecule has 7 heavy (non-hydrogen) atoms. The molecule has 0 N–H and O–H groups in total. The van der Waals surface area contributed by atoms with Crippen LogP contribution in [0.4, 0.5) is 8.78 Å². The lowest BCUT2D eigenvalue weighted by molar-refractivity contribution is 0.391. The van der Waals surface area contributed by atoms with E-state index in [1.165, 1.54) is 0 Å². The van der Waals surface area contributed by atoms with E-state index in [1.807, 2.05) is 0 Å². The van der Waals surface area contributed by atoms with E-state index in [-0.39, 0.29) is 0 Å². The van der Waals surface area contributed by atoms with Crippen LogP contribution in [0.1, 0.15) is 0 Å². The molecule has 0 bridgehead atoms. The third-order valence-corrected chi connectivity index (χ3v) is 0.388. The van der Waals surface area contributed by atoms with E-state index in [9.17, 15) is 8.78 Å². The molecule has 0 aromatic carbocycles. The lowest BCUT2D eigenvalue weighted by Gasteiger charge is -1.85. The highest BCUT2D eigenvalue weighted by molar-refractivity contribution is 5.03. The van der Waals surface area contributed by atoms with Gasteiger partial charge in [0.1, 0.15) is 11.9 Å². The first-order valence-electron chi connectivity index (χ1n) is 1.56. The van der Waals surface area contributed by atoms with E-state index >= 15 is 0 Å². The minimum Gasteiger partial charge on any atom is -0.223 e. The van der Waals surface area contributed by atoms with Gasteiger partial charge in [-0.05, 0) is 0 Å². The number of nitriles is 1. The summed E-state index contributed by atoms with van der Waals surface area (Å²) in [5, 5.41) is 7.58. The van der Waals surface area contributed by atoms with Crippen LogP contribution in [0.25, 0.3) is 0 Å². The Hall–Kier alpha value is -0.910. The normalized spacial score (nSPS) is 12.1. The number of allylic oxidation sites excluding steroid dienone is 1. The van der Waals surface area contributed by atoms with E-state index in [1.54, 1.807) is 0 Å². The van der Waals surface area contributed by atoms with Crippen LogP contribution >= 0.6 is 0 Å². The maximum atomic E-state index is 11.4. The van der Waals surface area contributed by atoms with Gasteiger partial charge in [0, 0.05) is 0 Å². The van der Waals surface area contributed by atoms with E-state index in [0.29, 0.717) is 0 Å². The first-order chi connectivity index (χ1) is 3.18. The molecule has 38 valence electrons. The Kier molecular flexibility index (Phi) is 2.00. The molecule has 0 saturated carbocycles. The predicted molar refractivity (Wildman–Crippen MR) is 20.8 cm³/mol. The van der Waals surface area contributed by atoms with Gasteiger partial charge in [-0.15, -0.1) is 0 Å². The monoisotopic (exact) mass is 103 g/mol. The lowest BCUT2D eigenvalue weighted by Crippen LogP contribution is -1.92. The Balaban J connectivity index is 3.63. The van der Waals surface area contributed by atoms with Crippen LogP contribution < -0.4 is 0 Å². The number of alkyl halides is 1. The van der Waals surface area contributed by atoms with Gasteiger partial charge in [0.15, 0.2) is 0 Å². The van der Waals surface area contributed by atoms with E-state index in [0.717, 1.165) is 6.07 Å². The SMILES string of the molecule is C=C(F)C(F)C#N. The average molecular weight is 103 g/mol. The molecule has 0 rings (SSSR count). The minimum absolute atomic E-state index is 1.02. The smallest absolute Gasteiger partial charge is 0.223 e. The number of hydrogen-bond donors (Lipinski definition) is 0. The summed E-state index contributed by atoms with van der Waals surface area (Å²) >= 11 is 0. The minimum atomic E-state index is -2.15. The molecule has 0 saturated heterocycles. The Labute approximate surface area is 39.9 Å². The number of halogens is 2. The summed E-state index contributed by atoms with van der Waals surface area (Å²) < 4.78 is 22.7. The van der Waals surface area contributed by atoms with Crippen molar-refractivity contribution in [1.29, 1.82) is 5.26 Å². The largest absolute Gasteiger partial charge is 0.236 e. The second-order valence-electron chi connectivity index (χ2n) is 0.939. The molecule has 0 aliphatic heterocycles. The first-order valence-corrected chi connectivity index (χ1v) is 1.56. The number of nitrogens with zero attached hydrogens (tertiary/aromatic N) is 1. The molecule has 0 fully saturated rings. The molecule has 1 nitrogen and oxygen atoms in total. The summed E-state index contributed by atoms with van der Waals surface area (Å²) in [6.07, 6.45) is -2.15. The van der Waals surface area contributed by atoms with Crippen molar-refractivity contribution in [1.82, 2.24) is 0 Å². The molecule has 3 heteroatoms. The van der Waals surface area contributed by atoms with Crippen LogP contribution in [0.2, 0.25) is 0 Å². The highest BCUT2D eigenvalue weighted by Gasteiger charge is 2.05. The van der Waals surface area contributed by atoms with Crippen LogP contribution in [0, 0.1) is 11.3 Å². The van der Waals surface area contributed by atoms with Crippen molar-refractivity contribution >= 4 is 0 Å². The van der Waals surface area contributed by atoms with Crippen LogP contribution in [0.15, 0.2) is 12.4 Å². The van der Waals surface area contributed by atoms with Crippen LogP contribution in [0.3, 0.4) is 0 Å². The summed E-state index contributed by atoms with van der Waals surface area (Å²) in [4.78, 5) is 0. The lowest BCUT2D eigenvalue weighted by atomic mass is 10.4. The Morgan fingerprint density at radius 3 is 2.29 bits per heavy atom. The fourth-order valence-electron chi connectivity index (χ4n) is 0.0700. The maximum absolute atomic E-state index is 11.4. The molecule has 0 aliphatic rings. The van der Waals surface area contributed by atoms with Crippen LogP contribution in [0.5, 0.6) is 0 Å². The zero-order valence-electron chi connectivity index (χ0n) is 3.49. The predicted octanol–water partition coefficient (Wildman–Crippen LogP) is 1.33. The summed E-state index contributed by atoms with van der Waals surface area (Å²) in [6.45, 7) is 2.56. The molecular weight excluding hydrogens is 100 g/mol. The maximum Gasteiger partial charge on any atom is 0.236 e. The third kappa shape index (κ3) is 1.88. The molecule has 0 aromatic heterocycles. The molecule has 0 heterocycles. The second kappa shape index (κ2) is 2.30. The first kappa shape index (κ1) is 6.09. The van der Waals surface area contributed by atoms with Crippen molar-refractivity contribution in [3.63, 3.8) is 0 Å². The molecule has 0 amide bonds.